The van der Waals surface area contributed by atoms with E-state index in [0.29, 0.717) is 5.92 Å². The van der Waals surface area contributed by atoms with Gasteiger partial charge in [0.1, 0.15) is 5.82 Å². The average molecular weight is 336 g/mol. The molecule has 122 valence electrons. The number of aromatic nitrogens is 2. The Labute approximate surface area is 146 Å². The van der Waals surface area contributed by atoms with Gasteiger partial charge in [-0.3, -0.25) is 0 Å². The molecule has 4 nitrogen and oxygen atoms in total. The van der Waals surface area contributed by atoms with Crippen LogP contribution in [0.1, 0.15) is 24.6 Å². The number of thiocarbonyl (C=S) groups is 1. The third-order valence-corrected chi connectivity index (χ3v) is 4.89. The fourth-order valence-corrected chi connectivity index (χ4v) is 3.56. The molecule has 0 radical (unpaired) electrons. The normalized spacial score (nSPS) is 17.8. The molecule has 3 aromatic rings. The number of rotatable bonds is 2. The van der Waals surface area contributed by atoms with E-state index < -0.39 is 0 Å². The zero-order chi connectivity index (χ0) is 16.4. The predicted octanol–water partition coefficient (Wildman–Crippen LogP) is 4.14. The van der Waals surface area contributed by atoms with Gasteiger partial charge in [0.15, 0.2) is 5.11 Å². The fraction of sp³-hybridized carbons (Fsp3) is 0.263. The molecule has 1 fully saturated rings. The van der Waals surface area contributed by atoms with E-state index in [9.17, 15) is 0 Å². The lowest BCUT2D eigenvalue weighted by atomic mass is 9.98. The summed E-state index contributed by atoms with van der Waals surface area (Å²) < 4.78 is 0. The van der Waals surface area contributed by atoms with Crippen molar-refractivity contribution < 1.29 is 0 Å². The molecular weight excluding hydrogens is 316 g/mol. The number of aromatic amines is 1. The van der Waals surface area contributed by atoms with Crippen LogP contribution in [0.5, 0.6) is 0 Å². The Hall–Kier alpha value is -2.40. The molecule has 0 bridgehead atoms. The lowest BCUT2D eigenvalue weighted by Gasteiger charge is -2.33. The number of nitrogens with one attached hydrogen (secondary N) is 2. The summed E-state index contributed by atoms with van der Waals surface area (Å²) >= 11 is 5.61. The molecule has 0 aliphatic carbocycles. The van der Waals surface area contributed by atoms with Crippen LogP contribution in [0.4, 0.5) is 5.69 Å². The number of benzene rings is 2. The molecule has 24 heavy (non-hydrogen) atoms. The van der Waals surface area contributed by atoms with Crippen LogP contribution in [0.3, 0.4) is 0 Å². The minimum Gasteiger partial charge on any atom is -0.348 e. The van der Waals surface area contributed by atoms with Crippen molar-refractivity contribution in [3.8, 4) is 0 Å². The Morgan fingerprint density at radius 1 is 1.12 bits per heavy atom. The summed E-state index contributed by atoms with van der Waals surface area (Å²) in [5.74, 6) is 1.46. The first-order valence-corrected chi connectivity index (χ1v) is 8.76. The SMILES string of the molecule is S=C(Nc1ccccc1)N1CCC[C@@H](c2nc3ccccc3[nH]2)C1. The summed E-state index contributed by atoms with van der Waals surface area (Å²) in [6.07, 6.45) is 2.27. The van der Waals surface area contributed by atoms with Crippen LogP contribution in [-0.2, 0) is 0 Å². The molecule has 0 unspecified atom stereocenters. The number of hydrogen-bond donors (Lipinski definition) is 2. The van der Waals surface area contributed by atoms with Gasteiger partial charge in [0, 0.05) is 24.7 Å². The Balaban J connectivity index is 1.48. The van der Waals surface area contributed by atoms with E-state index in [-0.39, 0.29) is 0 Å². The van der Waals surface area contributed by atoms with Crippen LogP contribution in [0.15, 0.2) is 54.6 Å². The zero-order valence-electron chi connectivity index (χ0n) is 13.4. The first-order chi connectivity index (χ1) is 11.8. The first-order valence-electron chi connectivity index (χ1n) is 8.35. The molecule has 1 saturated heterocycles. The average Bonchev–Trinajstić information content (AvgIpc) is 3.07. The van der Waals surface area contributed by atoms with Crippen LogP contribution in [0, 0.1) is 0 Å². The van der Waals surface area contributed by atoms with Crippen molar-refractivity contribution in [3.05, 3.63) is 60.4 Å². The van der Waals surface area contributed by atoms with Crippen molar-refractivity contribution in [1.82, 2.24) is 14.9 Å². The molecule has 2 N–H and O–H groups in total. The van der Waals surface area contributed by atoms with Crippen molar-refractivity contribution in [2.75, 3.05) is 18.4 Å². The molecule has 2 aromatic carbocycles. The van der Waals surface area contributed by atoms with Crippen LogP contribution >= 0.6 is 12.2 Å². The number of anilines is 1. The highest BCUT2D eigenvalue weighted by molar-refractivity contribution is 7.80. The topological polar surface area (TPSA) is 44.0 Å². The molecule has 1 aliphatic rings. The van der Waals surface area contributed by atoms with E-state index in [4.69, 9.17) is 17.2 Å². The second-order valence-corrected chi connectivity index (χ2v) is 6.61. The van der Waals surface area contributed by atoms with Crippen molar-refractivity contribution in [1.29, 1.82) is 0 Å². The number of likely N-dealkylation sites (tertiary alicyclic amines) is 1. The van der Waals surface area contributed by atoms with Gasteiger partial charge in [0.05, 0.1) is 11.0 Å². The fourth-order valence-electron chi connectivity index (χ4n) is 3.27. The maximum absolute atomic E-state index is 5.61. The van der Waals surface area contributed by atoms with Crippen molar-refractivity contribution in [2.24, 2.45) is 0 Å². The smallest absolute Gasteiger partial charge is 0.173 e. The first kappa shape index (κ1) is 15.1. The van der Waals surface area contributed by atoms with Crippen LogP contribution < -0.4 is 5.32 Å². The Kier molecular flexibility index (Phi) is 4.17. The molecule has 1 atom stereocenters. The highest BCUT2D eigenvalue weighted by atomic mass is 32.1. The molecule has 2 heterocycles. The molecule has 5 heteroatoms. The number of piperidine rings is 1. The molecule has 4 rings (SSSR count). The largest absolute Gasteiger partial charge is 0.348 e. The Morgan fingerprint density at radius 2 is 1.92 bits per heavy atom. The summed E-state index contributed by atoms with van der Waals surface area (Å²) in [4.78, 5) is 10.5. The summed E-state index contributed by atoms with van der Waals surface area (Å²) in [6.45, 7) is 1.90. The molecule has 1 aliphatic heterocycles. The summed E-state index contributed by atoms with van der Waals surface area (Å²) in [5.41, 5.74) is 3.18. The third kappa shape index (κ3) is 3.12. The van der Waals surface area contributed by atoms with Gasteiger partial charge in [0.25, 0.3) is 0 Å². The third-order valence-electron chi connectivity index (χ3n) is 4.53. The van der Waals surface area contributed by atoms with E-state index in [1.165, 1.54) is 0 Å². The monoisotopic (exact) mass is 336 g/mol. The van der Waals surface area contributed by atoms with E-state index in [0.717, 1.165) is 53.6 Å². The number of fused-ring (bicyclic) bond motifs is 1. The van der Waals surface area contributed by atoms with Gasteiger partial charge in [-0.15, -0.1) is 0 Å². The minimum atomic E-state index is 0.390. The number of para-hydroxylation sites is 3. The van der Waals surface area contributed by atoms with E-state index in [1.807, 2.05) is 42.5 Å². The second kappa shape index (κ2) is 6.61. The van der Waals surface area contributed by atoms with Gasteiger partial charge >= 0.3 is 0 Å². The van der Waals surface area contributed by atoms with E-state index >= 15 is 0 Å². The van der Waals surface area contributed by atoms with Crippen LogP contribution in [0.2, 0.25) is 0 Å². The maximum Gasteiger partial charge on any atom is 0.173 e. The lowest BCUT2D eigenvalue weighted by molar-refractivity contribution is 0.307. The van der Waals surface area contributed by atoms with Gasteiger partial charge in [0.2, 0.25) is 0 Å². The van der Waals surface area contributed by atoms with Gasteiger partial charge in [-0.2, -0.15) is 0 Å². The minimum absolute atomic E-state index is 0.390. The van der Waals surface area contributed by atoms with E-state index in [1.54, 1.807) is 0 Å². The number of imidazole rings is 1. The summed E-state index contributed by atoms with van der Waals surface area (Å²) in [7, 11) is 0. The molecular formula is C19H20N4S. The van der Waals surface area contributed by atoms with Crippen molar-refractivity contribution >= 4 is 34.1 Å². The standard InChI is InChI=1S/C19H20N4S/c24-19(20-15-8-2-1-3-9-15)23-12-6-7-14(13-23)18-21-16-10-4-5-11-17(16)22-18/h1-5,8-11,14H,6-7,12-13H2,(H,20,24)(H,21,22)/t14-/m1/s1. The van der Waals surface area contributed by atoms with Gasteiger partial charge in [-0.1, -0.05) is 30.3 Å². The lowest BCUT2D eigenvalue weighted by Crippen LogP contribution is -2.41. The zero-order valence-corrected chi connectivity index (χ0v) is 14.2. The Bertz CT molecular complexity index is 810. The van der Waals surface area contributed by atoms with Crippen molar-refractivity contribution in [3.63, 3.8) is 0 Å². The van der Waals surface area contributed by atoms with Crippen molar-refractivity contribution in [2.45, 2.75) is 18.8 Å². The quantitative estimate of drug-likeness (QED) is 0.690. The number of hydrogen-bond acceptors (Lipinski definition) is 2. The predicted molar refractivity (Wildman–Crippen MR) is 102 cm³/mol. The highest BCUT2D eigenvalue weighted by Crippen LogP contribution is 2.27. The maximum atomic E-state index is 5.61. The second-order valence-electron chi connectivity index (χ2n) is 6.22. The highest BCUT2D eigenvalue weighted by Gasteiger charge is 2.25. The molecule has 0 amide bonds. The molecule has 0 saturated carbocycles. The van der Waals surface area contributed by atoms with E-state index in [2.05, 4.69) is 27.3 Å². The summed E-state index contributed by atoms with van der Waals surface area (Å²) in [5, 5.41) is 4.13. The number of H-pyrrole nitrogens is 1. The van der Waals surface area contributed by atoms with Gasteiger partial charge in [-0.05, 0) is 49.3 Å². The van der Waals surface area contributed by atoms with Gasteiger partial charge in [-0.25, -0.2) is 4.98 Å². The number of nitrogens with zero attached hydrogens (tertiary/aromatic N) is 2. The molecule has 1 aromatic heterocycles. The van der Waals surface area contributed by atoms with Crippen LogP contribution in [-0.4, -0.2) is 33.1 Å². The molecule has 0 spiro atoms. The Morgan fingerprint density at radius 3 is 2.75 bits per heavy atom. The summed E-state index contributed by atoms with van der Waals surface area (Å²) in [6, 6.07) is 18.3. The van der Waals surface area contributed by atoms with Gasteiger partial charge < -0.3 is 15.2 Å². The van der Waals surface area contributed by atoms with Crippen LogP contribution in [0.25, 0.3) is 11.0 Å².